The molecule has 0 spiro atoms. The van der Waals surface area contributed by atoms with Crippen LogP contribution < -0.4 is 5.14 Å². The number of nitrogens with zero attached hydrogens (tertiary/aromatic N) is 1. The van der Waals surface area contributed by atoms with Gasteiger partial charge in [-0.1, -0.05) is 6.92 Å². The number of nitrogens with two attached hydrogens (primary N) is 1. The molecule has 4 nitrogen and oxygen atoms in total. The van der Waals surface area contributed by atoms with Crippen molar-refractivity contribution in [1.82, 2.24) is 4.90 Å². The minimum atomic E-state index is -3.27. The van der Waals surface area contributed by atoms with Crippen molar-refractivity contribution in [2.24, 2.45) is 11.1 Å². The van der Waals surface area contributed by atoms with Gasteiger partial charge in [0.1, 0.15) is 0 Å². The third-order valence-corrected chi connectivity index (χ3v) is 3.64. The van der Waals surface area contributed by atoms with E-state index in [4.69, 9.17) is 5.14 Å². The zero-order chi connectivity index (χ0) is 10.8. The lowest BCUT2D eigenvalue weighted by molar-refractivity contribution is 0.266. The molecule has 2 atom stereocenters. The number of hydrogen-bond acceptors (Lipinski definition) is 3. The van der Waals surface area contributed by atoms with Gasteiger partial charge in [0, 0.05) is 12.6 Å². The number of sulfonamides is 1. The summed E-state index contributed by atoms with van der Waals surface area (Å²) in [4.78, 5) is 2.34. The van der Waals surface area contributed by atoms with Crippen LogP contribution in [0.2, 0.25) is 0 Å². The Hall–Kier alpha value is -0.130. The Kier molecular flexibility index (Phi) is 3.92. The molecule has 1 fully saturated rings. The first-order valence-electron chi connectivity index (χ1n) is 5.13. The highest BCUT2D eigenvalue weighted by Crippen LogP contribution is 2.21. The Morgan fingerprint density at radius 2 is 2.07 bits per heavy atom. The standard InChI is InChI=1S/C9H20N2O2S/c1-8-6-9(2)11(7-8)4-3-5-14(10,12)13/h8-9H,3-7H2,1-2H3,(H2,10,12,13). The molecule has 0 radical (unpaired) electrons. The van der Waals surface area contributed by atoms with E-state index in [1.807, 2.05) is 0 Å². The lowest BCUT2D eigenvalue weighted by atomic mass is 10.1. The Morgan fingerprint density at radius 1 is 1.43 bits per heavy atom. The van der Waals surface area contributed by atoms with Gasteiger partial charge in [-0.3, -0.25) is 0 Å². The fourth-order valence-corrected chi connectivity index (χ4v) is 2.70. The van der Waals surface area contributed by atoms with Crippen molar-refractivity contribution in [1.29, 1.82) is 0 Å². The Balaban J connectivity index is 2.25. The molecular weight excluding hydrogens is 200 g/mol. The van der Waals surface area contributed by atoms with E-state index >= 15 is 0 Å². The molecule has 0 saturated carbocycles. The molecule has 2 N–H and O–H groups in total. The van der Waals surface area contributed by atoms with Crippen molar-refractivity contribution in [2.75, 3.05) is 18.8 Å². The molecule has 0 aromatic heterocycles. The van der Waals surface area contributed by atoms with Crippen LogP contribution in [0.15, 0.2) is 0 Å². The molecule has 1 saturated heterocycles. The molecule has 84 valence electrons. The van der Waals surface area contributed by atoms with Crippen LogP contribution >= 0.6 is 0 Å². The summed E-state index contributed by atoms with van der Waals surface area (Å²) in [6.45, 7) is 6.37. The first-order valence-corrected chi connectivity index (χ1v) is 6.84. The quantitative estimate of drug-likeness (QED) is 0.745. The zero-order valence-electron chi connectivity index (χ0n) is 8.94. The van der Waals surface area contributed by atoms with Crippen LogP contribution in [-0.2, 0) is 10.0 Å². The van der Waals surface area contributed by atoms with Crippen molar-refractivity contribution < 1.29 is 8.42 Å². The number of hydrogen-bond donors (Lipinski definition) is 1. The second-order valence-electron chi connectivity index (χ2n) is 4.41. The minimum Gasteiger partial charge on any atom is -0.300 e. The second-order valence-corrected chi connectivity index (χ2v) is 6.14. The summed E-state index contributed by atoms with van der Waals surface area (Å²) in [6.07, 6.45) is 1.87. The van der Waals surface area contributed by atoms with Crippen molar-refractivity contribution in [2.45, 2.75) is 32.7 Å². The molecule has 0 aromatic rings. The Morgan fingerprint density at radius 3 is 2.50 bits per heavy atom. The van der Waals surface area contributed by atoms with E-state index in [1.54, 1.807) is 0 Å². The Bertz CT molecular complexity index is 277. The van der Waals surface area contributed by atoms with E-state index in [0.717, 1.165) is 19.0 Å². The lowest BCUT2D eigenvalue weighted by Gasteiger charge is -2.20. The van der Waals surface area contributed by atoms with Crippen LogP contribution in [0.3, 0.4) is 0 Å². The zero-order valence-corrected chi connectivity index (χ0v) is 9.76. The van der Waals surface area contributed by atoms with Crippen molar-refractivity contribution in [3.63, 3.8) is 0 Å². The molecule has 5 heteroatoms. The predicted molar refractivity (Wildman–Crippen MR) is 57.4 cm³/mol. The monoisotopic (exact) mass is 220 g/mol. The summed E-state index contributed by atoms with van der Waals surface area (Å²) in [5.41, 5.74) is 0. The van der Waals surface area contributed by atoms with Gasteiger partial charge in [0.15, 0.2) is 0 Å². The van der Waals surface area contributed by atoms with E-state index in [2.05, 4.69) is 18.7 Å². The van der Waals surface area contributed by atoms with Gasteiger partial charge in [0.05, 0.1) is 5.75 Å². The maximum atomic E-state index is 10.7. The average Bonchev–Trinajstić information content (AvgIpc) is 2.27. The molecule has 1 aliphatic rings. The van der Waals surface area contributed by atoms with Gasteiger partial charge in [-0.15, -0.1) is 0 Å². The highest BCUT2D eigenvalue weighted by atomic mass is 32.2. The van der Waals surface area contributed by atoms with Crippen LogP contribution in [0.5, 0.6) is 0 Å². The van der Waals surface area contributed by atoms with E-state index in [9.17, 15) is 8.42 Å². The number of likely N-dealkylation sites (tertiary alicyclic amines) is 1. The fourth-order valence-electron chi connectivity index (χ4n) is 2.17. The first-order chi connectivity index (χ1) is 6.38. The van der Waals surface area contributed by atoms with E-state index in [-0.39, 0.29) is 5.75 Å². The van der Waals surface area contributed by atoms with Crippen LogP contribution in [-0.4, -0.2) is 38.2 Å². The number of primary sulfonamides is 1. The topological polar surface area (TPSA) is 63.4 Å². The summed E-state index contributed by atoms with van der Waals surface area (Å²) in [6, 6.07) is 0.588. The van der Waals surface area contributed by atoms with Crippen molar-refractivity contribution in [3.8, 4) is 0 Å². The summed E-state index contributed by atoms with van der Waals surface area (Å²) in [5.74, 6) is 0.837. The van der Waals surface area contributed by atoms with Gasteiger partial charge in [-0.25, -0.2) is 13.6 Å². The molecule has 1 heterocycles. The molecule has 0 aromatic carbocycles. The summed E-state index contributed by atoms with van der Waals surface area (Å²) in [7, 11) is -3.27. The van der Waals surface area contributed by atoms with Crippen LogP contribution in [0, 0.1) is 5.92 Å². The second kappa shape index (κ2) is 4.59. The third kappa shape index (κ3) is 3.94. The summed E-state index contributed by atoms with van der Waals surface area (Å²) in [5, 5.41) is 4.94. The largest absolute Gasteiger partial charge is 0.300 e. The molecule has 1 rings (SSSR count). The van der Waals surface area contributed by atoms with Gasteiger partial charge in [-0.2, -0.15) is 0 Å². The average molecular weight is 220 g/mol. The highest BCUT2D eigenvalue weighted by Gasteiger charge is 2.25. The van der Waals surface area contributed by atoms with Crippen LogP contribution in [0.25, 0.3) is 0 Å². The molecular formula is C9H20N2O2S. The van der Waals surface area contributed by atoms with E-state index in [1.165, 1.54) is 6.42 Å². The fraction of sp³-hybridized carbons (Fsp3) is 1.00. The summed E-state index contributed by atoms with van der Waals surface area (Å²) >= 11 is 0. The van der Waals surface area contributed by atoms with Gasteiger partial charge >= 0.3 is 0 Å². The van der Waals surface area contributed by atoms with Gasteiger partial charge in [0.2, 0.25) is 10.0 Å². The normalized spacial score (nSPS) is 29.6. The van der Waals surface area contributed by atoms with Gasteiger partial charge in [-0.05, 0) is 32.2 Å². The maximum absolute atomic E-state index is 10.7. The Labute approximate surface area is 86.5 Å². The smallest absolute Gasteiger partial charge is 0.209 e. The van der Waals surface area contributed by atoms with E-state index in [0.29, 0.717) is 12.5 Å². The molecule has 0 amide bonds. The van der Waals surface area contributed by atoms with Gasteiger partial charge in [0.25, 0.3) is 0 Å². The first kappa shape index (κ1) is 11.9. The molecule has 0 aliphatic carbocycles. The highest BCUT2D eigenvalue weighted by molar-refractivity contribution is 7.89. The molecule has 1 aliphatic heterocycles. The van der Waals surface area contributed by atoms with Crippen molar-refractivity contribution >= 4 is 10.0 Å². The van der Waals surface area contributed by atoms with Crippen molar-refractivity contribution in [3.05, 3.63) is 0 Å². The van der Waals surface area contributed by atoms with Crippen LogP contribution in [0.1, 0.15) is 26.7 Å². The van der Waals surface area contributed by atoms with Gasteiger partial charge < -0.3 is 4.90 Å². The molecule has 2 unspecified atom stereocenters. The number of rotatable bonds is 4. The minimum absolute atomic E-state index is 0.102. The SMILES string of the molecule is CC1CC(C)N(CCCS(N)(=O)=O)C1. The molecule has 0 bridgehead atoms. The predicted octanol–water partition coefficient (Wildman–Crippen LogP) is 0.395. The molecule has 14 heavy (non-hydrogen) atoms. The lowest BCUT2D eigenvalue weighted by Crippen LogP contribution is -2.30. The van der Waals surface area contributed by atoms with E-state index < -0.39 is 10.0 Å². The summed E-state index contributed by atoms with van der Waals surface area (Å²) < 4.78 is 21.4. The third-order valence-electron chi connectivity index (χ3n) is 2.79. The van der Waals surface area contributed by atoms with Crippen LogP contribution in [0.4, 0.5) is 0 Å². The maximum Gasteiger partial charge on any atom is 0.209 e.